The van der Waals surface area contributed by atoms with Crippen LogP contribution in [0, 0.1) is 11.3 Å². The second-order valence-electron chi connectivity index (χ2n) is 10.4. The molecule has 1 atom stereocenters. The Kier molecular flexibility index (Phi) is 10.2. The molecule has 226 valence electrons. The zero-order valence-electron chi connectivity index (χ0n) is 24.3. The summed E-state index contributed by atoms with van der Waals surface area (Å²) in [6, 6.07) is 18.5. The number of nitrogens with zero attached hydrogens (tertiary/aromatic N) is 3. The summed E-state index contributed by atoms with van der Waals surface area (Å²) in [5.74, 6) is 0.627. The lowest BCUT2D eigenvalue weighted by Crippen LogP contribution is -2.18. The number of halogens is 2. The number of likely N-dealkylation sites (N-methyl/N-ethyl adjacent to an activating group) is 1. The van der Waals surface area contributed by atoms with E-state index in [0.717, 1.165) is 12.0 Å². The van der Waals surface area contributed by atoms with E-state index in [0.29, 0.717) is 74.8 Å². The third-order valence-corrected chi connectivity index (χ3v) is 7.50. The summed E-state index contributed by atoms with van der Waals surface area (Å²) in [6.45, 7) is 1.93. The number of hydrogen-bond acceptors (Lipinski definition) is 8. The lowest BCUT2D eigenvalue weighted by molar-refractivity contribution is -0.111. The average molecular weight is 633 g/mol. The molecule has 1 saturated heterocycles. The van der Waals surface area contributed by atoms with Crippen LogP contribution in [0.15, 0.2) is 72.9 Å². The van der Waals surface area contributed by atoms with E-state index in [9.17, 15) is 10.1 Å². The van der Waals surface area contributed by atoms with Gasteiger partial charge >= 0.3 is 0 Å². The molecule has 1 fully saturated rings. The lowest BCUT2D eigenvalue weighted by atomic mass is 10.1. The maximum absolute atomic E-state index is 12.9. The normalized spacial score (nSPS) is 14.6. The summed E-state index contributed by atoms with van der Waals surface area (Å²) in [7, 11) is 3.84. The lowest BCUT2D eigenvalue weighted by Gasteiger charge is -2.19. The fraction of sp³-hybridized carbons (Fsp3) is 0.242. The molecule has 1 unspecified atom stereocenters. The van der Waals surface area contributed by atoms with Gasteiger partial charge in [0, 0.05) is 46.9 Å². The molecule has 9 nitrogen and oxygen atoms in total. The van der Waals surface area contributed by atoms with E-state index in [1.807, 2.05) is 43.3 Å². The van der Waals surface area contributed by atoms with Crippen LogP contribution in [0.2, 0.25) is 10.0 Å². The van der Waals surface area contributed by atoms with Crippen LogP contribution in [-0.4, -0.2) is 55.7 Å². The van der Waals surface area contributed by atoms with Gasteiger partial charge in [0.1, 0.15) is 36.0 Å². The van der Waals surface area contributed by atoms with E-state index in [1.54, 1.807) is 36.4 Å². The molecule has 1 aliphatic rings. The maximum Gasteiger partial charge on any atom is 0.248 e. The van der Waals surface area contributed by atoms with Crippen LogP contribution < -0.4 is 20.1 Å². The Balaban J connectivity index is 1.46. The summed E-state index contributed by atoms with van der Waals surface area (Å²) in [4.78, 5) is 19.4. The molecule has 44 heavy (non-hydrogen) atoms. The van der Waals surface area contributed by atoms with E-state index in [2.05, 4.69) is 21.7 Å². The van der Waals surface area contributed by atoms with Crippen LogP contribution in [0.25, 0.3) is 10.9 Å². The molecule has 3 aromatic carbocycles. The molecular weight excluding hydrogens is 601 g/mol. The smallest absolute Gasteiger partial charge is 0.248 e. The molecule has 4 aromatic rings. The van der Waals surface area contributed by atoms with E-state index in [-0.39, 0.29) is 18.6 Å². The van der Waals surface area contributed by atoms with Gasteiger partial charge in [-0.1, -0.05) is 47.5 Å². The first-order chi connectivity index (χ1) is 21.3. The predicted octanol–water partition coefficient (Wildman–Crippen LogP) is 6.96. The van der Waals surface area contributed by atoms with Crippen molar-refractivity contribution < 1.29 is 19.0 Å². The zero-order chi connectivity index (χ0) is 31.1. The minimum absolute atomic E-state index is 0.149. The van der Waals surface area contributed by atoms with Gasteiger partial charge in [-0.25, -0.2) is 0 Å². The minimum Gasteiger partial charge on any atom is -0.487 e. The van der Waals surface area contributed by atoms with E-state index < -0.39 is 0 Å². The first kappa shape index (κ1) is 31.1. The number of pyridine rings is 1. The van der Waals surface area contributed by atoms with Crippen molar-refractivity contribution >= 4 is 57.1 Å². The Morgan fingerprint density at radius 1 is 1.14 bits per heavy atom. The SMILES string of the molecule is CN(C)C/C=C/C(=O)Nc1c(OC2CCOC2)ccc2c(Nc3ccc(OCc4ccccc4Cl)c(Cl)c3)c(C#N)cnc12. The summed E-state index contributed by atoms with van der Waals surface area (Å²) in [6.07, 6.45) is 5.30. The van der Waals surface area contributed by atoms with Crippen molar-refractivity contribution in [3.8, 4) is 17.6 Å². The zero-order valence-corrected chi connectivity index (χ0v) is 25.8. The van der Waals surface area contributed by atoms with Gasteiger partial charge < -0.3 is 29.7 Å². The van der Waals surface area contributed by atoms with Gasteiger partial charge in [-0.15, -0.1) is 0 Å². The largest absolute Gasteiger partial charge is 0.487 e. The Labute approximate surface area is 265 Å². The number of anilines is 3. The number of nitriles is 1. The number of ether oxygens (including phenoxy) is 3. The molecule has 0 radical (unpaired) electrons. The second kappa shape index (κ2) is 14.4. The Hall–Kier alpha value is -4.33. The number of nitrogens with one attached hydrogen (secondary N) is 2. The van der Waals surface area contributed by atoms with Crippen molar-refractivity contribution in [2.75, 3.05) is 44.5 Å². The van der Waals surface area contributed by atoms with Gasteiger partial charge in [-0.2, -0.15) is 5.26 Å². The topological polar surface area (TPSA) is 109 Å². The van der Waals surface area contributed by atoms with Crippen molar-refractivity contribution in [2.45, 2.75) is 19.1 Å². The monoisotopic (exact) mass is 631 g/mol. The second-order valence-corrected chi connectivity index (χ2v) is 11.2. The number of carbonyl (C=O) groups excluding carboxylic acids is 1. The van der Waals surface area contributed by atoms with Gasteiger partial charge in [-0.3, -0.25) is 9.78 Å². The first-order valence-corrected chi connectivity index (χ1v) is 14.7. The minimum atomic E-state index is -0.327. The van der Waals surface area contributed by atoms with Crippen molar-refractivity contribution in [3.05, 3.63) is 94.1 Å². The molecule has 2 heterocycles. The Morgan fingerprint density at radius 2 is 1.95 bits per heavy atom. The van der Waals surface area contributed by atoms with Gasteiger partial charge in [0.05, 0.1) is 35.0 Å². The van der Waals surface area contributed by atoms with Crippen LogP contribution >= 0.6 is 23.2 Å². The average Bonchev–Trinajstić information content (AvgIpc) is 3.52. The van der Waals surface area contributed by atoms with Crippen molar-refractivity contribution in [1.82, 2.24) is 9.88 Å². The van der Waals surface area contributed by atoms with Crippen LogP contribution in [0.3, 0.4) is 0 Å². The molecule has 0 bridgehead atoms. The van der Waals surface area contributed by atoms with E-state index in [1.165, 1.54) is 12.3 Å². The number of aromatic nitrogens is 1. The number of fused-ring (bicyclic) bond motifs is 1. The highest BCUT2D eigenvalue weighted by molar-refractivity contribution is 6.32. The van der Waals surface area contributed by atoms with E-state index in [4.69, 9.17) is 37.4 Å². The third kappa shape index (κ3) is 7.59. The quantitative estimate of drug-likeness (QED) is 0.171. The molecule has 5 rings (SSSR count). The summed E-state index contributed by atoms with van der Waals surface area (Å²) < 4.78 is 17.6. The standard InChI is InChI=1S/C33H31Cl2N5O4/c1-40(2)14-5-8-30(41)39-33-29(44-24-13-15-42-20-24)12-10-25-31(22(17-36)18-37-32(25)33)38-23-9-11-28(27(35)16-23)43-19-21-6-3-4-7-26(21)34/h3-12,16,18,24H,13-15,19-20H2,1-2H3,(H,37,38)(H,39,41)/b8-5+. The highest BCUT2D eigenvalue weighted by Crippen LogP contribution is 2.39. The molecule has 1 aliphatic heterocycles. The first-order valence-electron chi connectivity index (χ1n) is 14.0. The van der Waals surface area contributed by atoms with Crippen LogP contribution in [-0.2, 0) is 16.1 Å². The highest BCUT2D eigenvalue weighted by Gasteiger charge is 2.22. The van der Waals surface area contributed by atoms with Gasteiger partial charge in [-0.05, 0) is 50.5 Å². The molecule has 0 spiro atoms. The molecular formula is C33H31Cl2N5O4. The molecule has 0 saturated carbocycles. The van der Waals surface area contributed by atoms with Crippen molar-refractivity contribution in [2.24, 2.45) is 0 Å². The number of hydrogen-bond donors (Lipinski definition) is 2. The Bertz CT molecular complexity index is 1730. The predicted molar refractivity (Wildman–Crippen MR) is 173 cm³/mol. The number of benzene rings is 3. The van der Waals surface area contributed by atoms with Crippen LogP contribution in [0.5, 0.6) is 11.5 Å². The molecule has 11 heteroatoms. The van der Waals surface area contributed by atoms with E-state index >= 15 is 0 Å². The molecule has 2 N–H and O–H groups in total. The van der Waals surface area contributed by atoms with Crippen LogP contribution in [0.1, 0.15) is 17.5 Å². The molecule has 1 aromatic heterocycles. The Morgan fingerprint density at radius 3 is 2.68 bits per heavy atom. The fourth-order valence-electron chi connectivity index (χ4n) is 4.62. The third-order valence-electron chi connectivity index (χ3n) is 6.83. The molecule has 1 amide bonds. The number of carbonyl (C=O) groups is 1. The van der Waals surface area contributed by atoms with Crippen LogP contribution in [0.4, 0.5) is 17.1 Å². The van der Waals surface area contributed by atoms with Gasteiger partial charge in [0.15, 0.2) is 0 Å². The summed E-state index contributed by atoms with van der Waals surface area (Å²) in [5, 5.41) is 17.8. The number of amides is 1. The van der Waals surface area contributed by atoms with Crippen molar-refractivity contribution in [1.29, 1.82) is 5.26 Å². The highest BCUT2D eigenvalue weighted by atomic mass is 35.5. The van der Waals surface area contributed by atoms with Gasteiger partial charge in [0.25, 0.3) is 0 Å². The number of rotatable bonds is 11. The van der Waals surface area contributed by atoms with Gasteiger partial charge in [0.2, 0.25) is 5.91 Å². The van der Waals surface area contributed by atoms with Crippen molar-refractivity contribution in [3.63, 3.8) is 0 Å². The maximum atomic E-state index is 12.9. The summed E-state index contributed by atoms with van der Waals surface area (Å²) in [5.41, 5.74) is 3.16. The molecule has 0 aliphatic carbocycles. The summed E-state index contributed by atoms with van der Waals surface area (Å²) >= 11 is 12.8. The fourth-order valence-corrected chi connectivity index (χ4v) is 5.04.